The number of anilines is 1. The van der Waals surface area contributed by atoms with Crippen molar-refractivity contribution in [2.45, 2.75) is 0 Å². The monoisotopic (exact) mass is 273 g/mol. The molecule has 0 spiro atoms. The van der Waals surface area contributed by atoms with Gasteiger partial charge in [-0.15, -0.1) is 0 Å². The summed E-state index contributed by atoms with van der Waals surface area (Å²) in [7, 11) is 2.00. The minimum Gasteiger partial charge on any atom is -0.384 e. The van der Waals surface area contributed by atoms with Gasteiger partial charge in [0.25, 0.3) is 0 Å². The zero-order chi connectivity index (χ0) is 8.72. The minimum absolute atomic E-state index is 0.576. The van der Waals surface area contributed by atoms with Crippen molar-refractivity contribution < 1.29 is 0 Å². The summed E-state index contributed by atoms with van der Waals surface area (Å²) in [4.78, 5) is 4.04. The second kappa shape index (κ2) is 2.62. The molecule has 2 rings (SSSR count). The first-order chi connectivity index (χ1) is 5.68. The average Bonchev–Trinajstić information content (AvgIpc) is 2.28. The second-order valence-electron chi connectivity index (χ2n) is 2.71. The van der Waals surface area contributed by atoms with E-state index in [2.05, 4.69) is 33.8 Å². The van der Waals surface area contributed by atoms with Gasteiger partial charge in [-0.05, 0) is 28.7 Å². The lowest BCUT2D eigenvalue weighted by molar-refractivity contribution is 0.963. The lowest BCUT2D eigenvalue weighted by atomic mass is 10.3. The normalized spacial score (nSPS) is 10.8. The van der Waals surface area contributed by atoms with Crippen LogP contribution in [0.15, 0.2) is 18.5 Å². The molecule has 0 amide bonds. The van der Waals surface area contributed by atoms with Crippen molar-refractivity contribution in [3.8, 4) is 0 Å². The molecule has 2 heterocycles. The molecular weight excluding hydrogens is 265 g/mol. The lowest BCUT2D eigenvalue weighted by Crippen LogP contribution is -1.90. The molecule has 0 aliphatic rings. The Balaban J connectivity index is 2.90. The van der Waals surface area contributed by atoms with Gasteiger partial charge >= 0.3 is 0 Å². The largest absolute Gasteiger partial charge is 0.384 e. The average molecular weight is 273 g/mol. The van der Waals surface area contributed by atoms with Crippen LogP contribution in [0.5, 0.6) is 0 Å². The van der Waals surface area contributed by atoms with Crippen LogP contribution in [0.1, 0.15) is 0 Å². The standard InChI is InChI=1S/C8H8IN3/c1-12-4-6(9)5-2-8(10)11-3-7(5)12/h2-4H,1H3,(H2,10,11). The second-order valence-corrected chi connectivity index (χ2v) is 3.88. The van der Waals surface area contributed by atoms with E-state index in [4.69, 9.17) is 5.73 Å². The van der Waals surface area contributed by atoms with Crippen LogP contribution in [-0.2, 0) is 7.05 Å². The van der Waals surface area contributed by atoms with Crippen molar-refractivity contribution in [1.82, 2.24) is 9.55 Å². The summed E-state index contributed by atoms with van der Waals surface area (Å²) in [5, 5.41) is 1.17. The third-order valence-electron chi connectivity index (χ3n) is 1.85. The molecule has 2 aromatic heterocycles. The molecule has 3 nitrogen and oxygen atoms in total. The maximum atomic E-state index is 5.58. The van der Waals surface area contributed by atoms with Crippen LogP contribution in [0.25, 0.3) is 10.9 Å². The molecule has 0 aliphatic heterocycles. The van der Waals surface area contributed by atoms with Gasteiger partial charge in [0.1, 0.15) is 5.82 Å². The molecule has 0 unspecified atom stereocenters. The first kappa shape index (κ1) is 7.85. The highest BCUT2D eigenvalue weighted by Crippen LogP contribution is 2.22. The summed E-state index contributed by atoms with van der Waals surface area (Å²) in [6.45, 7) is 0. The summed E-state index contributed by atoms with van der Waals surface area (Å²) in [6, 6.07) is 1.90. The summed E-state index contributed by atoms with van der Waals surface area (Å²) in [5.41, 5.74) is 6.70. The Labute approximate surface area is 83.7 Å². The number of halogens is 1. The minimum atomic E-state index is 0.576. The molecule has 0 aliphatic carbocycles. The fraction of sp³-hybridized carbons (Fsp3) is 0.125. The molecule has 12 heavy (non-hydrogen) atoms. The molecule has 0 saturated carbocycles. The van der Waals surface area contributed by atoms with E-state index in [1.54, 1.807) is 6.20 Å². The van der Waals surface area contributed by atoms with E-state index in [0.29, 0.717) is 5.82 Å². The molecule has 0 radical (unpaired) electrons. The van der Waals surface area contributed by atoms with E-state index < -0.39 is 0 Å². The summed E-state index contributed by atoms with van der Waals surface area (Å²) in [5.74, 6) is 0.576. The third kappa shape index (κ3) is 1.06. The van der Waals surface area contributed by atoms with Crippen molar-refractivity contribution in [2.75, 3.05) is 5.73 Å². The van der Waals surface area contributed by atoms with E-state index in [-0.39, 0.29) is 0 Å². The molecule has 62 valence electrons. The van der Waals surface area contributed by atoms with Crippen molar-refractivity contribution in [3.05, 3.63) is 22.0 Å². The van der Waals surface area contributed by atoms with Gasteiger partial charge in [-0.25, -0.2) is 4.98 Å². The van der Waals surface area contributed by atoms with Gasteiger partial charge in [-0.3, -0.25) is 0 Å². The van der Waals surface area contributed by atoms with E-state index >= 15 is 0 Å². The number of aromatic nitrogens is 2. The van der Waals surface area contributed by atoms with Crippen LogP contribution in [-0.4, -0.2) is 9.55 Å². The molecule has 0 fully saturated rings. The number of hydrogen-bond donors (Lipinski definition) is 1. The van der Waals surface area contributed by atoms with Crippen molar-refractivity contribution in [1.29, 1.82) is 0 Å². The Hall–Kier alpha value is -0.780. The number of aryl methyl sites for hydroxylation is 1. The Morgan fingerprint density at radius 3 is 3.08 bits per heavy atom. The summed E-state index contributed by atoms with van der Waals surface area (Å²) in [6.07, 6.45) is 3.86. The van der Waals surface area contributed by atoms with Gasteiger partial charge < -0.3 is 10.3 Å². The Bertz CT molecular complexity index is 433. The number of pyridine rings is 1. The smallest absolute Gasteiger partial charge is 0.124 e. The van der Waals surface area contributed by atoms with Crippen LogP contribution >= 0.6 is 22.6 Å². The Morgan fingerprint density at radius 2 is 2.33 bits per heavy atom. The maximum Gasteiger partial charge on any atom is 0.124 e. The quantitative estimate of drug-likeness (QED) is 0.743. The van der Waals surface area contributed by atoms with Gasteiger partial charge in [0.05, 0.1) is 11.7 Å². The fourth-order valence-corrected chi connectivity index (χ4v) is 2.10. The molecule has 0 atom stereocenters. The number of nitrogen functional groups attached to an aromatic ring is 1. The van der Waals surface area contributed by atoms with Crippen LogP contribution in [0.4, 0.5) is 5.82 Å². The molecule has 0 aromatic carbocycles. The number of nitrogens with zero attached hydrogens (tertiary/aromatic N) is 2. The maximum absolute atomic E-state index is 5.58. The first-order valence-corrected chi connectivity index (χ1v) is 4.62. The van der Waals surface area contributed by atoms with Gasteiger partial charge in [0, 0.05) is 22.2 Å². The third-order valence-corrected chi connectivity index (χ3v) is 2.71. The van der Waals surface area contributed by atoms with E-state index in [9.17, 15) is 0 Å². The first-order valence-electron chi connectivity index (χ1n) is 3.54. The van der Waals surface area contributed by atoms with Crippen molar-refractivity contribution >= 4 is 39.3 Å². The highest BCUT2D eigenvalue weighted by Gasteiger charge is 2.03. The molecule has 4 heteroatoms. The fourth-order valence-electron chi connectivity index (χ4n) is 1.25. The van der Waals surface area contributed by atoms with Crippen LogP contribution in [0.3, 0.4) is 0 Å². The predicted octanol–water partition coefficient (Wildman–Crippen LogP) is 1.76. The van der Waals surface area contributed by atoms with Gasteiger partial charge in [0.15, 0.2) is 0 Å². The van der Waals surface area contributed by atoms with Crippen molar-refractivity contribution in [2.24, 2.45) is 7.05 Å². The molecular formula is C8H8IN3. The number of fused-ring (bicyclic) bond motifs is 1. The zero-order valence-electron chi connectivity index (χ0n) is 6.58. The molecule has 2 aromatic rings. The molecule has 0 bridgehead atoms. The predicted molar refractivity (Wildman–Crippen MR) is 57.8 cm³/mol. The Morgan fingerprint density at radius 1 is 1.58 bits per heavy atom. The Kier molecular flexibility index (Phi) is 1.71. The SMILES string of the molecule is Cn1cc(I)c2cc(N)ncc21. The van der Waals surface area contributed by atoms with Crippen molar-refractivity contribution in [3.63, 3.8) is 0 Å². The van der Waals surface area contributed by atoms with Crippen LogP contribution < -0.4 is 5.73 Å². The number of nitrogens with two attached hydrogens (primary N) is 1. The lowest BCUT2D eigenvalue weighted by Gasteiger charge is -1.95. The van der Waals surface area contributed by atoms with Crippen LogP contribution in [0.2, 0.25) is 0 Å². The molecule has 0 saturated heterocycles. The summed E-state index contributed by atoms with van der Waals surface area (Å²) < 4.78 is 3.25. The summed E-state index contributed by atoms with van der Waals surface area (Å²) >= 11 is 2.29. The highest BCUT2D eigenvalue weighted by molar-refractivity contribution is 14.1. The van der Waals surface area contributed by atoms with Gasteiger partial charge in [0.2, 0.25) is 0 Å². The van der Waals surface area contributed by atoms with Crippen LogP contribution in [0, 0.1) is 3.57 Å². The topological polar surface area (TPSA) is 43.8 Å². The van der Waals surface area contributed by atoms with Gasteiger partial charge in [-0.2, -0.15) is 0 Å². The van der Waals surface area contributed by atoms with E-state index in [0.717, 1.165) is 5.52 Å². The molecule has 2 N–H and O–H groups in total. The number of hydrogen-bond acceptors (Lipinski definition) is 2. The number of rotatable bonds is 0. The van der Waals surface area contributed by atoms with E-state index in [1.807, 2.05) is 17.7 Å². The highest BCUT2D eigenvalue weighted by atomic mass is 127. The zero-order valence-corrected chi connectivity index (χ0v) is 8.74. The van der Waals surface area contributed by atoms with Gasteiger partial charge in [-0.1, -0.05) is 0 Å². The van der Waals surface area contributed by atoms with E-state index in [1.165, 1.54) is 8.96 Å².